The molecule has 0 saturated carbocycles. The van der Waals surface area contributed by atoms with Crippen LogP contribution in [0.5, 0.6) is 0 Å². The molecule has 1 aromatic rings. The Morgan fingerprint density at radius 3 is 2.40 bits per heavy atom. The molecule has 0 aromatic heterocycles. The molecule has 1 aromatic carbocycles. The van der Waals surface area contributed by atoms with Crippen LogP contribution >= 0.6 is 0 Å². The van der Waals surface area contributed by atoms with Gasteiger partial charge in [0.05, 0.1) is 7.85 Å². The fourth-order valence-corrected chi connectivity index (χ4v) is 1.76. The minimum atomic E-state index is -0.229. The molecule has 1 heteroatoms. The van der Waals surface area contributed by atoms with E-state index in [9.17, 15) is 0 Å². The molecule has 0 saturated heterocycles. The highest BCUT2D eigenvalue weighted by Crippen LogP contribution is 2.22. The summed E-state index contributed by atoms with van der Waals surface area (Å²) in [6.07, 6.45) is 3.67. The van der Waals surface area contributed by atoms with E-state index in [4.69, 9.17) is 7.85 Å². The van der Waals surface area contributed by atoms with E-state index in [1.165, 1.54) is 36.0 Å². The first-order chi connectivity index (χ1) is 6.93. The minimum Gasteiger partial charge on any atom is -0.0654 e. The molecular formula is C14H21B. The smallest absolute Gasteiger partial charge is 0.0654 e. The lowest BCUT2D eigenvalue weighted by atomic mass is 9.67. The van der Waals surface area contributed by atoms with Crippen molar-refractivity contribution in [3.8, 4) is 0 Å². The minimum absolute atomic E-state index is 0.229. The highest BCUT2D eigenvalue weighted by atomic mass is 14.1. The molecule has 0 aliphatic carbocycles. The molecule has 15 heavy (non-hydrogen) atoms. The Kier molecular flexibility index (Phi) is 4.01. The van der Waals surface area contributed by atoms with Gasteiger partial charge in [-0.3, -0.25) is 0 Å². The maximum atomic E-state index is 6.12. The standard InChI is InChI=1S/C14H21B/c1-5-6-7-12-8-11(2)9-13(10-12)14(3,4)15/h8-10H,5-7H2,1-4H3. The number of rotatable bonds is 4. The van der Waals surface area contributed by atoms with Gasteiger partial charge in [0.2, 0.25) is 0 Å². The third kappa shape index (κ3) is 3.73. The van der Waals surface area contributed by atoms with E-state index in [0.29, 0.717) is 0 Å². The summed E-state index contributed by atoms with van der Waals surface area (Å²) >= 11 is 0. The van der Waals surface area contributed by atoms with E-state index in [1.807, 2.05) is 0 Å². The SMILES string of the molecule is [B]C(C)(C)c1cc(C)cc(CCCC)c1. The normalized spacial score (nSPS) is 11.7. The largest absolute Gasteiger partial charge is 0.0802 e. The second-order valence-electron chi connectivity index (χ2n) is 5.03. The monoisotopic (exact) mass is 200 g/mol. The van der Waals surface area contributed by atoms with Crippen LogP contribution in [0.2, 0.25) is 0 Å². The van der Waals surface area contributed by atoms with Crippen molar-refractivity contribution >= 4 is 7.85 Å². The van der Waals surface area contributed by atoms with E-state index in [1.54, 1.807) is 0 Å². The molecule has 0 amide bonds. The van der Waals surface area contributed by atoms with E-state index >= 15 is 0 Å². The topological polar surface area (TPSA) is 0 Å². The van der Waals surface area contributed by atoms with Gasteiger partial charge >= 0.3 is 0 Å². The van der Waals surface area contributed by atoms with Gasteiger partial charge in [-0.25, -0.2) is 0 Å². The molecule has 0 nitrogen and oxygen atoms in total. The number of unbranched alkanes of at least 4 members (excludes halogenated alkanes) is 1. The first-order valence-corrected chi connectivity index (χ1v) is 5.83. The molecule has 0 bridgehead atoms. The molecule has 0 spiro atoms. The van der Waals surface area contributed by atoms with Crippen LogP contribution in [0.15, 0.2) is 18.2 Å². The first-order valence-electron chi connectivity index (χ1n) is 5.83. The second kappa shape index (κ2) is 4.87. The lowest BCUT2D eigenvalue weighted by molar-refractivity contribution is 0.752. The maximum absolute atomic E-state index is 6.12. The van der Waals surface area contributed by atoms with Crippen LogP contribution in [0.4, 0.5) is 0 Å². The first kappa shape index (κ1) is 12.4. The van der Waals surface area contributed by atoms with Crippen molar-refractivity contribution in [2.45, 2.75) is 52.3 Å². The zero-order valence-electron chi connectivity index (χ0n) is 10.4. The van der Waals surface area contributed by atoms with Crippen molar-refractivity contribution in [1.82, 2.24) is 0 Å². The molecule has 2 radical (unpaired) electrons. The predicted molar refractivity (Wildman–Crippen MR) is 68.6 cm³/mol. The van der Waals surface area contributed by atoms with Crippen LogP contribution in [-0.2, 0) is 11.7 Å². The molecule has 0 N–H and O–H groups in total. The van der Waals surface area contributed by atoms with Gasteiger partial charge in [0, 0.05) is 0 Å². The molecule has 0 fully saturated rings. The molecule has 0 atom stereocenters. The van der Waals surface area contributed by atoms with Gasteiger partial charge in [-0.2, -0.15) is 0 Å². The summed E-state index contributed by atoms with van der Waals surface area (Å²) in [7, 11) is 6.12. The summed E-state index contributed by atoms with van der Waals surface area (Å²) < 4.78 is 0. The van der Waals surface area contributed by atoms with Gasteiger partial charge in [0.1, 0.15) is 0 Å². The van der Waals surface area contributed by atoms with Crippen LogP contribution in [-0.4, -0.2) is 7.85 Å². The Labute approximate surface area is 95.5 Å². The van der Waals surface area contributed by atoms with Gasteiger partial charge in [-0.1, -0.05) is 56.5 Å². The summed E-state index contributed by atoms with van der Waals surface area (Å²) in [5.74, 6) is 0. The second-order valence-corrected chi connectivity index (χ2v) is 5.03. The zero-order chi connectivity index (χ0) is 11.5. The fourth-order valence-electron chi connectivity index (χ4n) is 1.76. The Balaban J connectivity index is 2.95. The van der Waals surface area contributed by atoms with E-state index in [0.717, 1.165) is 0 Å². The van der Waals surface area contributed by atoms with Crippen molar-refractivity contribution in [3.05, 3.63) is 34.9 Å². The quantitative estimate of drug-likeness (QED) is 0.649. The van der Waals surface area contributed by atoms with Crippen LogP contribution in [0.25, 0.3) is 0 Å². The average Bonchev–Trinajstić information content (AvgIpc) is 2.12. The summed E-state index contributed by atoms with van der Waals surface area (Å²) in [5, 5.41) is -0.229. The molecule has 0 aliphatic heterocycles. The van der Waals surface area contributed by atoms with Gasteiger partial charge in [0.15, 0.2) is 0 Å². The van der Waals surface area contributed by atoms with Crippen molar-refractivity contribution in [2.75, 3.05) is 0 Å². The average molecular weight is 200 g/mol. The maximum Gasteiger partial charge on any atom is 0.0802 e. The van der Waals surface area contributed by atoms with Gasteiger partial charge in [-0.05, 0) is 30.6 Å². The molecule has 0 unspecified atom stereocenters. The highest BCUT2D eigenvalue weighted by molar-refractivity contribution is 6.15. The summed E-state index contributed by atoms with van der Waals surface area (Å²) in [6, 6.07) is 6.71. The van der Waals surface area contributed by atoms with E-state index < -0.39 is 0 Å². The van der Waals surface area contributed by atoms with Crippen molar-refractivity contribution in [3.63, 3.8) is 0 Å². The van der Waals surface area contributed by atoms with Gasteiger partial charge in [-0.15, -0.1) is 0 Å². The van der Waals surface area contributed by atoms with E-state index in [2.05, 4.69) is 45.9 Å². The number of benzene rings is 1. The van der Waals surface area contributed by atoms with Gasteiger partial charge in [0.25, 0.3) is 0 Å². The van der Waals surface area contributed by atoms with Crippen LogP contribution in [0.1, 0.15) is 50.3 Å². The van der Waals surface area contributed by atoms with Crippen molar-refractivity contribution in [1.29, 1.82) is 0 Å². The van der Waals surface area contributed by atoms with Crippen molar-refractivity contribution in [2.24, 2.45) is 0 Å². The molecular weight excluding hydrogens is 179 g/mol. The van der Waals surface area contributed by atoms with Gasteiger partial charge < -0.3 is 0 Å². The lowest BCUT2D eigenvalue weighted by Gasteiger charge is -2.21. The Hall–Kier alpha value is -0.715. The summed E-state index contributed by atoms with van der Waals surface area (Å²) in [5.41, 5.74) is 3.98. The third-order valence-electron chi connectivity index (χ3n) is 2.70. The predicted octanol–water partition coefficient (Wildman–Crippen LogP) is 3.74. The lowest BCUT2D eigenvalue weighted by Crippen LogP contribution is -2.17. The fraction of sp³-hybridized carbons (Fsp3) is 0.571. The highest BCUT2D eigenvalue weighted by Gasteiger charge is 2.13. The molecule has 1 rings (SSSR count). The van der Waals surface area contributed by atoms with Crippen molar-refractivity contribution < 1.29 is 0 Å². The molecule has 0 heterocycles. The molecule has 80 valence electrons. The van der Waals surface area contributed by atoms with Crippen LogP contribution < -0.4 is 0 Å². The summed E-state index contributed by atoms with van der Waals surface area (Å²) in [6.45, 7) is 8.49. The number of aryl methyl sites for hydroxylation is 2. The van der Waals surface area contributed by atoms with Crippen LogP contribution in [0, 0.1) is 6.92 Å². The number of hydrogen-bond acceptors (Lipinski definition) is 0. The number of hydrogen-bond donors (Lipinski definition) is 0. The van der Waals surface area contributed by atoms with E-state index in [-0.39, 0.29) is 5.31 Å². The Morgan fingerprint density at radius 1 is 1.20 bits per heavy atom. The summed E-state index contributed by atoms with van der Waals surface area (Å²) in [4.78, 5) is 0. The Bertz CT molecular complexity index is 321. The Morgan fingerprint density at radius 2 is 1.87 bits per heavy atom. The zero-order valence-corrected chi connectivity index (χ0v) is 10.4. The molecule has 0 aliphatic rings. The third-order valence-corrected chi connectivity index (χ3v) is 2.70. The van der Waals surface area contributed by atoms with Crippen LogP contribution in [0.3, 0.4) is 0 Å².